The van der Waals surface area contributed by atoms with Crippen molar-refractivity contribution in [1.29, 1.82) is 0 Å². The Morgan fingerprint density at radius 1 is 1.31 bits per heavy atom. The summed E-state index contributed by atoms with van der Waals surface area (Å²) in [5, 5.41) is 0.696. The molecule has 0 saturated heterocycles. The Labute approximate surface area is 105 Å². The summed E-state index contributed by atoms with van der Waals surface area (Å²) in [4.78, 5) is 1.03. The average Bonchev–Trinajstić information content (AvgIpc) is 2.26. The highest BCUT2D eigenvalue weighted by molar-refractivity contribution is 7.99. The van der Waals surface area contributed by atoms with Crippen molar-refractivity contribution in [2.24, 2.45) is 0 Å². The quantitative estimate of drug-likeness (QED) is 0.466. The number of nitrogens with two attached hydrogens (primary N) is 1. The van der Waals surface area contributed by atoms with E-state index in [1.807, 2.05) is 12.1 Å². The van der Waals surface area contributed by atoms with Crippen LogP contribution in [0.3, 0.4) is 0 Å². The number of rotatable bonds is 7. The van der Waals surface area contributed by atoms with Crippen molar-refractivity contribution in [2.75, 3.05) is 38.4 Å². The molecule has 0 heterocycles. The lowest BCUT2D eigenvalue weighted by Gasteiger charge is -2.05. The van der Waals surface area contributed by atoms with Crippen molar-refractivity contribution < 1.29 is 9.47 Å². The number of benzene rings is 1. The molecule has 1 rings (SSSR count). The lowest BCUT2D eigenvalue weighted by atomic mass is 10.3. The van der Waals surface area contributed by atoms with Crippen LogP contribution in [0.15, 0.2) is 23.1 Å². The van der Waals surface area contributed by atoms with Gasteiger partial charge in [0.2, 0.25) is 0 Å². The smallest absolute Gasteiger partial charge is 0.0700 e. The van der Waals surface area contributed by atoms with Crippen LogP contribution in [0.5, 0.6) is 0 Å². The molecule has 0 spiro atoms. The van der Waals surface area contributed by atoms with E-state index in [1.54, 1.807) is 24.9 Å². The molecule has 1 aromatic rings. The van der Waals surface area contributed by atoms with Crippen LogP contribution in [0.25, 0.3) is 0 Å². The monoisotopic (exact) mass is 261 g/mol. The predicted molar refractivity (Wildman–Crippen MR) is 69.3 cm³/mol. The van der Waals surface area contributed by atoms with Gasteiger partial charge in [-0.15, -0.1) is 11.8 Å². The zero-order valence-electron chi connectivity index (χ0n) is 9.24. The lowest BCUT2D eigenvalue weighted by molar-refractivity contribution is 0.0790. The first-order valence-corrected chi connectivity index (χ1v) is 6.35. The van der Waals surface area contributed by atoms with Crippen molar-refractivity contribution in [2.45, 2.75) is 4.90 Å². The normalized spacial score (nSPS) is 10.6. The number of hydrogen-bond acceptors (Lipinski definition) is 4. The Bertz CT molecular complexity index is 323. The fraction of sp³-hybridized carbons (Fsp3) is 0.455. The highest BCUT2D eigenvalue weighted by Crippen LogP contribution is 2.28. The van der Waals surface area contributed by atoms with E-state index in [0.29, 0.717) is 30.5 Å². The molecule has 0 aliphatic rings. The molecular formula is C11H16ClNO2S. The van der Waals surface area contributed by atoms with Crippen molar-refractivity contribution >= 4 is 29.1 Å². The maximum atomic E-state index is 6.03. The van der Waals surface area contributed by atoms with Crippen LogP contribution in [-0.2, 0) is 9.47 Å². The Morgan fingerprint density at radius 2 is 2.12 bits per heavy atom. The molecular weight excluding hydrogens is 246 g/mol. The van der Waals surface area contributed by atoms with Gasteiger partial charge in [-0.1, -0.05) is 11.6 Å². The van der Waals surface area contributed by atoms with Crippen LogP contribution < -0.4 is 5.73 Å². The summed E-state index contributed by atoms with van der Waals surface area (Å²) >= 11 is 7.69. The van der Waals surface area contributed by atoms with Crippen LogP contribution in [0.4, 0.5) is 5.69 Å². The molecule has 0 bridgehead atoms. The molecule has 0 saturated carbocycles. The van der Waals surface area contributed by atoms with Crippen molar-refractivity contribution in [3.8, 4) is 0 Å². The van der Waals surface area contributed by atoms with E-state index in [9.17, 15) is 0 Å². The number of methoxy groups -OCH3 is 1. The first-order chi connectivity index (χ1) is 7.74. The fourth-order valence-corrected chi connectivity index (χ4v) is 2.22. The molecule has 0 radical (unpaired) electrons. The van der Waals surface area contributed by atoms with Crippen LogP contribution >= 0.6 is 23.4 Å². The zero-order valence-corrected chi connectivity index (χ0v) is 10.8. The number of thioether (sulfide) groups is 1. The second-order valence-corrected chi connectivity index (χ2v) is 4.69. The molecule has 0 aliphatic heterocycles. The van der Waals surface area contributed by atoms with Gasteiger partial charge in [0.15, 0.2) is 0 Å². The van der Waals surface area contributed by atoms with Gasteiger partial charge in [-0.2, -0.15) is 0 Å². The summed E-state index contributed by atoms with van der Waals surface area (Å²) in [6, 6.07) is 5.53. The molecule has 0 fully saturated rings. The van der Waals surface area contributed by atoms with Gasteiger partial charge < -0.3 is 15.2 Å². The highest BCUT2D eigenvalue weighted by Gasteiger charge is 2.01. The highest BCUT2D eigenvalue weighted by atomic mass is 35.5. The minimum Gasteiger partial charge on any atom is -0.399 e. The van der Waals surface area contributed by atoms with Gasteiger partial charge in [-0.25, -0.2) is 0 Å². The van der Waals surface area contributed by atoms with E-state index in [4.69, 9.17) is 26.8 Å². The summed E-state index contributed by atoms with van der Waals surface area (Å²) in [6.45, 7) is 1.95. The van der Waals surface area contributed by atoms with Gasteiger partial charge in [0, 0.05) is 23.4 Å². The molecule has 16 heavy (non-hydrogen) atoms. The van der Waals surface area contributed by atoms with E-state index >= 15 is 0 Å². The number of ether oxygens (including phenoxy) is 2. The summed E-state index contributed by atoms with van der Waals surface area (Å²) < 4.78 is 10.2. The van der Waals surface area contributed by atoms with Crippen LogP contribution in [0.2, 0.25) is 5.02 Å². The first-order valence-electron chi connectivity index (χ1n) is 4.98. The molecule has 0 amide bonds. The van der Waals surface area contributed by atoms with Gasteiger partial charge in [-0.05, 0) is 18.2 Å². The summed E-state index contributed by atoms with van der Waals surface area (Å²) in [6.07, 6.45) is 0. The van der Waals surface area contributed by atoms with Crippen molar-refractivity contribution in [3.63, 3.8) is 0 Å². The van der Waals surface area contributed by atoms with Crippen molar-refractivity contribution in [3.05, 3.63) is 23.2 Å². The molecule has 0 unspecified atom stereocenters. The summed E-state index contributed by atoms with van der Waals surface area (Å²) in [5.74, 6) is 0.868. The predicted octanol–water partition coefficient (Wildman–Crippen LogP) is 2.68. The van der Waals surface area contributed by atoms with Gasteiger partial charge in [0.05, 0.1) is 24.8 Å². The molecule has 5 heteroatoms. The van der Waals surface area contributed by atoms with Gasteiger partial charge in [-0.3, -0.25) is 0 Å². The molecule has 0 aliphatic carbocycles. The fourth-order valence-electron chi connectivity index (χ4n) is 1.09. The standard InChI is InChI=1S/C11H16ClNO2S/c1-14-4-5-15-6-7-16-11-3-2-9(13)8-10(11)12/h2-3,8H,4-7,13H2,1H3. The van der Waals surface area contributed by atoms with Gasteiger partial charge in [0.25, 0.3) is 0 Å². The number of nitrogen functional groups attached to an aromatic ring is 1. The molecule has 0 aromatic heterocycles. The van der Waals surface area contributed by atoms with E-state index in [0.717, 1.165) is 10.6 Å². The third-order valence-electron chi connectivity index (χ3n) is 1.87. The van der Waals surface area contributed by atoms with E-state index in [2.05, 4.69) is 0 Å². The summed E-state index contributed by atoms with van der Waals surface area (Å²) in [5.41, 5.74) is 6.29. The van der Waals surface area contributed by atoms with Gasteiger partial charge >= 0.3 is 0 Å². The third-order valence-corrected chi connectivity index (χ3v) is 3.34. The average molecular weight is 262 g/mol. The second kappa shape index (κ2) is 7.79. The number of anilines is 1. The topological polar surface area (TPSA) is 44.5 Å². The SMILES string of the molecule is COCCOCCSc1ccc(N)cc1Cl. The van der Waals surface area contributed by atoms with Crippen molar-refractivity contribution in [1.82, 2.24) is 0 Å². The Balaban J connectivity index is 2.21. The lowest BCUT2D eigenvalue weighted by Crippen LogP contribution is -2.04. The van der Waals surface area contributed by atoms with Crippen LogP contribution in [-0.4, -0.2) is 32.7 Å². The largest absolute Gasteiger partial charge is 0.399 e. The molecule has 2 N–H and O–H groups in total. The Hall–Kier alpha value is -0.420. The zero-order chi connectivity index (χ0) is 11.8. The van der Waals surface area contributed by atoms with Crippen LogP contribution in [0, 0.1) is 0 Å². The Kier molecular flexibility index (Phi) is 6.64. The van der Waals surface area contributed by atoms with E-state index in [-0.39, 0.29) is 0 Å². The second-order valence-electron chi connectivity index (χ2n) is 3.14. The number of hydrogen-bond donors (Lipinski definition) is 1. The minimum atomic E-state index is 0.631. The molecule has 0 atom stereocenters. The maximum absolute atomic E-state index is 6.03. The van der Waals surface area contributed by atoms with E-state index < -0.39 is 0 Å². The Morgan fingerprint density at radius 3 is 2.81 bits per heavy atom. The summed E-state index contributed by atoms with van der Waals surface area (Å²) in [7, 11) is 1.66. The first kappa shape index (κ1) is 13.6. The minimum absolute atomic E-state index is 0.631. The third kappa shape index (κ3) is 5.07. The molecule has 1 aromatic carbocycles. The van der Waals surface area contributed by atoms with E-state index in [1.165, 1.54) is 0 Å². The molecule has 3 nitrogen and oxygen atoms in total. The maximum Gasteiger partial charge on any atom is 0.0700 e. The molecule has 90 valence electrons. The van der Waals surface area contributed by atoms with Gasteiger partial charge in [0.1, 0.15) is 0 Å². The van der Waals surface area contributed by atoms with Crippen LogP contribution in [0.1, 0.15) is 0 Å². The number of halogens is 1.